The van der Waals surface area contributed by atoms with Gasteiger partial charge in [0.15, 0.2) is 0 Å². The summed E-state index contributed by atoms with van der Waals surface area (Å²) < 4.78 is 28.4. The first-order valence-electron chi connectivity index (χ1n) is 6.89. The number of rotatable bonds is 5. The highest BCUT2D eigenvalue weighted by molar-refractivity contribution is 8.13. The average molecular weight is 317 g/mol. The number of fused-ring (bicyclic) bond motifs is 1. The van der Waals surface area contributed by atoms with Gasteiger partial charge in [-0.05, 0) is 30.4 Å². The van der Waals surface area contributed by atoms with Gasteiger partial charge < -0.3 is 4.74 Å². The molecule has 0 saturated heterocycles. The lowest BCUT2D eigenvalue weighted by molar-refractivity contribution is -0.000258. The van der Waals surface area contributed by atoms with E-state index in [0.29, 0.717) is 6.61 Å². The maximum atomic E-state index is 11.2. The highest BCUT2D eigenvalue weighted by atomic mass is 35.7. The summed E-state index contributed by atoms with van der Waals surface area (Å²) in [6.07, 6.45) is 3.25. The molecule has 20 heavy (non-hydrogen) atoms. The lowest BCUT2D eigenvalue weighted by atomic mass is 9.89. The molecule has 1 unspecified atom stereocenters. The molecular formula is C15H21ClO3S. The van der Waals surface area contributed by atoms with Crippen LogP contribution in [0, 0.1) is 5.41 Å². The highest BCUT2D eigenvalue weighted by Crippen LogP contribution is 2.34. The zero-order chi connectivity index (χ0) is 14.8. The molecule has 0 radical (unpaired) electrons. The predicted molar refractivity (Wildman–Crippen MR) is 81.5 cm³/mol. The Hall–Kier alpha value is -0.580. The predicted octanol–water partition coefficient (Wildman–Crippen LogP) is 3.68. The Kier molecular flexibility index (Phi) is 4.77. The lowest BCUT2D eigenvalue weighted by Crippen LogP contribution is -2.28. The van der Waals surface area contributed by atoms with Crippen molar-refractivity contribution >= 4 is 19.7 Å². The van der Waals surface area contributed by atoms with Gasteiger partial charge in [0.25, 0.3) is 0 Å². The number of ether oxygens (including phenoxy) is 1. The second-order valence-electron chi connectivity index (χ2n) is 6.24. The first-order chi connectivity index (χ1) is 9.27. The van der Waals surface area contributed by atoms with Crippen molar-refractivity contribution in [2.45, 2.75) is 39.2 Å². The third-order valence-corrected chi connectivity index (χ3v) is 5.01. The molecule has 0 spiro atoms. The number of aryl methyl sites for hydroxylation is 1. The molecule has 0 amide bonds. The minimum atomic E-state index is -3.50. The molecule has 1 aliphatic rings. The summed E-state index contributed by atoms with van der Waals surface area (Å²) in [4.78, 5) is 0. The molecular weight excluding hydrogens is 296 g/mol. The summed E-state index contributed by atoms with van der Waals surface area (Å²) in [5.74, 6) is -0.0735. The molecule has 112 valence electrons. The van der Waals surface area contributed by atoms with E-state index in [1.807, 2.05) is 26.0 Å². The van der Waals surface area contributed by atoms with E-state index >= 15 is 0 Å². The van der Waals surface area contributed by atoms with Gasteiger partial charge in [0, 0.05) is 16.1 Å². The molecule has 1 aliphatic carbocycles. The topological polar surface area (TPSA) is 43.4 Å². The van der Waals surface area contributed by atoms with Crippen LogP contribution in [-0.2, 0) is 20.2 Å². The summed E-state index contributed by atoms with van der Waals surface area (Å²) in [6.45, 7) is 4.11. The van der Waals surface area contributed by atoms with Crippen LogP contribution in [0.5, 0.6) is 0 Å². The van der Waals surface area contributed by atoms with Gasteiger partial charge in [-0.3, -0.25) is 0 Å². The van der Waals surface area contributed by atoms with Crippen LogP contribution in [0.15, 0.2) is 24.3 Å². The standard InChI is InChI=1S/C15H21ClO3S/c1-15(2,11-20(16,17)18)10-19-14-9-5-7-12-6-3-4-8-13(12)14/h3-4,6,8,14H,5,7,9-11H2,1-2H3. The molecule has 0 N–H and O–H groups in total. The molecule has 0 bridgehead atoms. The Morgan fingerprint density at radius 2 is 2.05 bits per heavy atom. The minimum absolute atomic E-state index is 0.0669. The minimum Gasteiger partial charge on any atom is -0.373 e. The highest BCUT2D eigenvalue weighted by Gasteiger charge is 2.28. The number of halogens is 1. The average Bonchev–Trinajstić information content (AvgIpc) is 2.33. The fourth-order valence-electron chi connectivity index (χ4n) is 2.72. The van der Waals surface area contributed by atoms with Gasteiger partial charge in [-0.1, -0.05) is 38.1 Å². The third kappa shape index (κ3) is 4.47. The van der Waals surface area contributed by atoms with Crippen molar-refractivity contribution in [2.75, 3.05) is 12.4 Å². The van der Waals surface area contributed by atoms with Crippen molar-refractivity contribution in [3.63, 3.8) is 0 Å². The second kappa shape index (κ2) is 6.04. The van der Waals surface area contributed by atoms with Crippen molar-refractivity contribution < 1.29 is 13.2 Å². The Morgan fingerprint density at radius 3 is 2.75 bits per heavy atom. The van der Waals surface area contributed by atoms with Gasteiger partial charge in [0.2, 0.25) is 9.05 Å². The van der Waals surface area contributed by atoms with Crippen molar-refractivity contribution in [3.05, 3.63) is 35.4 Å². The molecule has 2 rings (SSSR count). The van der Waals surface area contributed by atoms with Gasteiger partial charge >= 0.3 is 0 Å². The summed E-state index contributed by atoms with van der Waals surface area (Å²) in [6, 6.07) is 8.31. The largest absolute Gasteiger partial charge is 0.373 e. The molecule has 1 aromatic rings. The fourth-order valence-corrected chi connectivity index (χ4v) is 4.62. The maximum absolute atomic E-state index is 11.2. The van der Waals surface area contributed by atoms with Crippen LogP contribution >= 0.6 is 10.7 Å². The molecule has 0 aromatic heterocycles. The molecule has 0 fully saturated rings. The molecule has 0 heterocycles. The molecule has 1 atom stereocenters. The summed E-state index contributed by atoms with van der Waals surface area (Å²) >= 11 is 0. The Morgan fingerprint density at radius 1 is 1.35 bits per heavy atom. The van der Waals surface area contributed by atoms with E-state index in [1.165, 1.54) is 11.1 Å². The van der Waals surface area contributed by atoms with Crippen LogP contribution < -0.4 is 0 Å². The molecule has 0 aliphatic heterocycles. The van der Waals surface area contributed by atoms with Crippen LogP contribution in [0.1, 0.15) is 43.9 Å². The Bertz CT molecular complexity index is 566. The van der Waals surface area contributed by atoms with E-state index < -0.39 is 14.5 Å². The second-order valence-corrected chi connectivity index (χ2v) is 9.02. The van der Waals surface area contributed by atoms with Gasteiger partial charge in [-0.15, -0.1) is 0 Å². The van der Waals surface area contributed by atoms with E-state index in [9.17, 15) is 8.42 Å². The smallest absolute Gasteiger partial charge is 0.233 e. The molecule has 3 nitrogen and oxygen atoms in total. The van der Waals surface area contributed by atoms with Crippen LogP contribution in [-0.4, -0.2) is 20.8 Å². The van der Waals surface area contributed by atoms with E-state index in [4.69, 9.17) is 15.4 Å². The maximum Gasteiger partial charge on any atom is 0.233 e. The van der Waals surface area contributed by atoms with Crippen LogP contribution in [0.2, 0.25) is 0 Å². The van der Waals surface area contributed by atoms with Crippen LogP contribution in [0.3, 0.4) is 0 Å². The molecule has 1 aromatic carbocycles. The van der Waals surface area contributed by atoms with Crippen molar-refractivity contribution in [1.82, 2.24) is 0 Å². The van der Waals surface area contributed by atoms with E-state index in [-0.39, 0.29) is 11.9 Å². The summed E-state index contributed by atoms with van der Waals surface area (Å²) in [5, 5.41) is 0. The Balaban J connectivity index is 2.02. The molecule has 0 saturated carbocycles. The van der Waals surface area contributed by atoms with Gasteiger partial charge in [-0.2, -0.15) is 0 Å². The summed E-state index contributed by atoms with van der Waals surface area (Å²) in [7, 11) is 1.83. The van der Waals surface area contributed by atoms with Gasteiger partial charge in [0.1, 0.15) is 0 Å². The number of hydrogen-bond acceptors (Lipinski definition) is 3. The first-order valence-corrected chi connectivity index (χ1v) is 9.36. The number of benzene rings is 1. The van der Waals surface area contributed by atoms with Crippen molar-refractivity contribution in [1.29, 1.82) is 0 Å². The lowest BCUT2D eigenvalue weighted by Gasteiger charge is -2.30. The van der Waals surface area contributed by atoms with Crippen molar-refractivity contribution in [2.24, 2.45) is 5.41 Å². The zero-order valence-electron chi connectivity index (χ0n) is 11.9. The van der Waals surface area contributed by atoms with Gasteiger partial charge in [-0.25, -0.2) is 8.42 Å². The Labute approximate surface area is 125 Å². The van der Waals surface area contributed by atoms with E-state index in [1.54, 1.807) is 0 Å². The molecule has 5 heteroatoms. The van der Waals surface area contributed by atoms with Crippen LogP contribution in [0.4, 0.5) is 0 Å². The number of hydrogen-bond donors (Lipinski definition) is 0. The monoisotopic (exact) mass is 316 g/mol. The summed E-state index contributed by atoms with van der Waals surface area (Å²) in [5.41, 5.74) is 2.10. The third-order valence-electron chi connectivity index (χ3n) is 3.55. The van der Waals surface area contributed by atoms with E-state index in [0.717, 1.165) is 19.3 Å². The first kappa shape index (κ1) is 15.8. The fraction of sp³-hybridized carbons (Fsp3) is 0.600. The SMILES string of the molecule is CC(C)(COC1CCCc2ccccc21)CS(=O)(=O)Cl. The zero-order valence-corrected chi connectivity index (χ0v) is 13.5. The normalized spacial score (nSPS) is 19.6. The van der Waals surface area contributed by atoms with E-state index in [2.05, 4.69) is 12.1 Å². The van der Waals surface area contributed by atoms with Crippen LogP contribution in [0.25, 0.3) is 0 Å². The quantitative estimate of drug-likeness (QED) is 0.778. The van der Waals surface area contributed by atoms with Crippen molar-refractivity contribution in [3.8, 4) is 0 Å². The van der Waals surface area contributed by atoms with Gasteiger partial charge in [0.05, 0.1) is 18.5 Å².